The maximum atomic E-state index is 12.2. The van der Waals surface area contributed by atoms with Crippen molar-refractivity contribution < 1.29 is 14.3 Å². The highest BCUT2D eigenvalue weighted by Gasteiger charge is 2.16. The zero-order valence-electron chi connectivity index (χ0n) is 14.4. The van der Waals surface area contributed by atoms with Crippen LogP contribution < -0.4 is 14.8 Å². The number of amides is 1. The molecule has 5 nitrogen and oxygen atoms in total. The Bertz CT molecular complexity index is 916. The Morgan fingerprint density at radius 3 is 2.70 bits per heavy atom. The number of carbonyl (C=O) groups excluding carboxylic acids is 1. The first kappa shape index (κ1) is 18.4. The fourth-order valence-electron chi connectivity index (χ4n) is 2.65. The normalized spacial score (nSPS) is 12.9. The van der Waals surface area contributed by atoms with Gasteiger partial charge in [-0.3, -0.25) is 4.79 Å². The van der Waals surface area contributed by atoms with Crippen molar-refractivity contribution in [1.82, 2.24) is 4.98 Å². The van der Waals surface area contributed by atoms with Gasteiger partial charge in [-0.25, -0.2) is 4.98 Å². The van der Waals surface area contributed by atoms with Crippen LogP contribution in [0.4, 0.5) is 5.13 Å². The summed E-state index contributed by atoms with van der Waals surface area (Å²) >= 11 is 9.03. The molecule has 2 aromatic carbocycles. The average molecular weight is 421 g/mol. The predicted molar refractivity (Wildman–Crippen MR) is 111 cm³/mol. The highest BCUT2D eigenvalue weighted by atomic mass is 35.5. The Morgan fingerprint density at radius 2 is 1.93 bits per heavy atom. The van der Waals surface area contributed by atoms with Gasteiger partial charge in [0, 0.05) is 28.5 Å². The average Bonchev–Trinajstić information content (AvgIpc) is 3.05. The first-order valence-corrected chi connectivity index (χ1v) is 10.7. The summed E-state index contributed by atoms with van der Waals surface area (Å²) in [6, 6.07) is 11.5. The Morgan fingerprint density at radius 1 is 1.19 bits per heavy atom. The number of nitrogens with zero attached hydrogens (tertiary/aromatic N) is 1. The molecule has 1 aliphatic heterocycles. The van der Waals surface area contributed by atoms with Crippen molar-refractivity contribution >= 4 is 56.0 Å². The van der Waals surface area contributed by atoms with Gasteiger partial charge in [-0.2, -0.15) is 0 Å². The van der Waals surface area contributed by atoms with Crippen molar-refractivity contribution in [2.24, 2.45) is 0 Å². The number of thioether (sulfide) groups is 1. The summed E-state index contributed by atoms with van der Waals surface area (Å²) < 4.78 is 12.1. The van der Waals surface area contributed by atoms with Crippen LogP contribution in [0.2, 0.25) is 5.02 Å². The number of fused-ring (bicyclic) bond motifs is 2. The van der Waals surface area contributed by atoms with Gasteiger partial charge in [0.25, 0.3) is 0 Å². The second-order valence-corrected chi connectivity index (χ2v) is 8.57. The number of hydrogen-bond donors (Lipinski definition) is 1. The van der Waals surface area contributed by atoms with Crippen LogP contribution in [0.3, 0.4) is 0 Å². The minimum absolute atomic E-state index is 0.0250. The number of rotatable bonds is 6. The SMILES string of the molecule is O=C(CCCSc1ccc(Cl)cc1)Nc1nc2cc3c(cc2s1)OCCO3. The molecule has 0 radical (unpaired) electrons. The van der Waals surface area contributed by atoms with E-state index >= 15 is 0 Å². The molecule has 1 amide bonds. The predicted octanol–water partition coefficient (Wildman–Crippen LogP) is 5.23. The Labute approximate surface area is 170 Å². The zero-order chi connectivity index (χ0) is 18.6. The number of ether oxygens (including phenoxy) is 2. The minimum atomic E-state index is -0.0250. The third kappa shape index (κ3) is 4.66. The molecule has 0 fully saturated rings. The van der Waals surface area contributed by atoms with Crippen LogP contribution in [0.1, 0.15) is 12.8 Å². The molecule has 0 aliphatic carbocycles. The number of nitrogens with one attached hydrogen (secondary N) is 1. The van der Waals surface area contributed by atoms with Crippen molar-refractivity contribution in [2.75, 3.05) is 24.3 Å². The summed E-state index contributed by atoms with van der Waals surface area (Å²) in [7, 11) is 0. The van der Waals surface area contributed by atoms with E-state index in [1.165, 1.54) is 11.3 Å². The number of carbonyl (C=O) groups is 1. The van der Waals surface area contributed by atoms with Crippen molar-refractivity contribution in [3.63, 3.8) is 0 Å². The fraction of sp³-hybridized carbons (Fsp3) is 0.263. The lowest BCUT2D eigenvalue weighted by atomic mass is 10.3. The molecule has 3 aromatic rings. The monoisotopic (exact) mass is 420 g/mol. The van der Waals surface area contributed by atoms with E-state index in [-0.39, 0.29) is 5.91 Å². The Hall–Kier alpha value is -1.96. The number of hydrogen-bond acceptors (Lipinski definition) is 6. The van der Waals surface area contributed by atoms with Crippen molar-refractivity contribution in [1.29, 1.82) is 0 Å². The van der Waals surface area contributed by atoms with E-state index in [2.05, 4.69) is 10.3 Å². The topological polar surface area (TPSA) is 60.5 Å². The van der Waals surface area contributed by atoms with Gasteiger partial charge in [0.15, 0.2) is 16.6 Å². The fourth-order valence-corrected chi connectivity index (χ4v) is 4.52. The summed E-state index contributed by atoms with van der Waals surface area (Å²) in [5, 5.41) is 4.22. The molecule has 4 rings (SSSR count). The molecule has 0 spiro atoms. The van der Waals surface area contributed by atoms with Crippen LogP contribution >= 0.6 is 34.7 Å². The van der Waals surface area contributed by atoms with E-state index in [1.807, 2.05) is 36.4 Å². The van der Waals surface area contributed by atoms with Crippen LogP contribution in [-0.2, 0) is 4.79 Å². The number of thiazole rings is 1. The van der Waals surface area contributed by atoms with E-state index in [0.29, 0.717) is 30.5 Å². The lowest BCUT2D eigenvalue weighted by Crippen LogP contribution is -2.15. The second-order valence-electron chi connectivity index (χ2n) is 5.94. The van der Waals surface area contributed by atoms with Crippen LogP contribution in [0.5, 0.6) is 11.5 Å². The first-order chi connectivity index (χ1) is 13.2. The van der Waals surface area contributed by atoms with Crippen molar-refractivity contribution in [2.45, 2.75) is 17.7 Å². The minimum Gasteiger partial charge on any atom is -0.486 e. The third-order valence-electron chi connectivity index (χ3n) is 3.93. The molecule has 0 saturated heterocycles. The number of benzene rings is 2. The lowest BCUT2D eigenvalue weighted by Gasteiger charge is -2.17. The standard InChI is InChI=1S/C19H17ClN2O3S2/c20-12-3-5-13(6-4-12)26-9-1-2-18(23)22-19-21-14-10-15-16(11-17(14)27-19)25-8-7-24-15/h3-6,10-11H,1-2,7-9H2,(H,21,22,23). The molecule has 2 heterocycles. The summed E-state index contributed by atoms with van der Waals surface area (Å²) in [5.41, 5.74) is 0.804. The third-order valence-corrected chi connectivity index (χ3v) is 6.21. The Balaban J connectivity index is 1.29. The molecule has 0 unspecified atom stereocenters. The van der Waals surface area contributed by atoms with Gasteiger partial charge in [0.1, 0.15) is 13.2 Å². The molecule has 0 saturated carbocycles. The van der Waals surface area contributed by atoms with Crippen LogP contribution in [-0.4, -0.2) is 29.9 Å². The largest absolute Gasteiger partial charge is 0.486 e. The molecule has 8 heteroatoms. The summed E-state index contributed by atoms with van der Waals surface area (Å²) in [5.74, 6) is 2.28. The lowest BCUT2D eigenvalue weighted by molar-refractivity contribution is -0.116. The number of halogens is 1. The van der Waals surface area contributed by atoms with Gasteiger partial charge in [-0.05, 0) is 36.4 Å². The molecule has 0 atom stereocenters. The highest BCUT2D eigenvalue weighted by molar-refractivity contribution is 7.99. The van der Waals surface area contributed by atoms with E-state index in [1.54, 1.807) is 11.8 Å². The maximum absolute atomic E-state index is 12.2. The van der Waals surface area contributed by atoms with Crippen LogP contribution in [0.15, 0.2) is 41.3 Å². The molecule has 1 aliphatic rings. The van der Waals surface area contributed by atoms with Gasteiger partial charge in [0.2, 0.25) is 5.91 Å². The molecule has 0 bridgehead atoms. The van der Waals surface area contributed by atoms with Gasteiger partial charge >= 0.3 is 0 Å². The summed E-state index contributed by atoms with van der Waals surface area (Å²) in [6.07, 6.45) is 1.25. The van der Waals surface area contributed by atoms with Crippen LogP contribution in [0, 0.1) is 0 Å². The number of anilines is 1. The first-order valence-electron chi connectivity index (χ1n) is 8.56. The van der Waals surface area contributed by atoms with Crippen molar-refractivity contribution in [3.05, 3.63) is 41.4 Å². The van der Waals surface area contributed by atoms with Gasteiger partial charge in [-0.15, -0.1) is 11.8 Å². The van der Waals surface area contributed by atoms with Gasteiger partial charge in [-0.1, -0.05) is 22.9 Å². The molecule has 140 valence electrons. The summed E-state index contributed by atoms with van der Waals surface area (Å²) in [4.78, 5) is 17.8. The molecular formula is C19H17ClN2O3S2. The van der Waals surface area contributed by atoms with E-state index < -0.39 is 0 Å². The molecule has 1 N–H and O–H groups in total. The van der Waals surface area contributed by atoms with Gasteiger partial charge in [0.05, 0.1) is 10.2 Å². The molecule has 1 aromatic heterocycles. The molecular weight excluding hydrogens is 404 g/mol. The van der Waals surface area contributed by atoms with E-state index in [4.69, 9.17) is 21.1 Å². The quantitative estimate of drug-likeness (QED) is 0.437. The molecule has 27 heavy (non-hydrogen) atoms. The van der Waals surface area contributed by atoms with E-state index in [0.717, 1.165) is 38.1 Å². The second kappa shape index (κ2) is 8.37. The van der Waals surface area contributed by atoms with Gasteiger partial charge < -0.3 is 14.8 Å². The van der Waals surface area contributed by atoms with E-state index in [9.17, 15) is 4.79 Å². The van der Waals surface area contributed by atoms with Crippen LogP contribution in [0.25, 0.3) is 10.2 Å². The number of aromatic nitrogens is 1. The highest BCUT2D eigenvalue weighted by Crippen LogP contribution is 2.37. The smallest absolute Gasteiger partial charge is 0.226 e. The Kier molecular flexibility index (Phi) is 5.71. The zero-order valence-corrected chi connectivity index (χ0v) is 16.8. The van der Waals surface area contributed by atoms with Crippen molar-refractivity contribution in [3.8, 4) is 11.5 Å². The summed E-state index contributed by atoms with van der Waals surface area (Å²) in [6.45, 7) is 1.09. The maximum Gasteiger partial charge on any atom is 0.226 e.